The van der Waals surface area contributed by atoms with E-state index in [-0.39, 0.29) is 6.04 Å². The molecule has 1 fully saturated rings. The summed E-state index contributed by atoms with van der Waals surface area (Å²) >= 11 is 0. The molecule has 5 heteroatoms. The summed E-state index contributed by atoms with van der Waals surface area (Å²) in [5.74, 6) is 0.956. The summed E-state index contributed by atoms with van der Waals surface area (Å²) in [6.45, 7) is 2.61. The molecule has 5 nitrogen and oxygen atoms in total. The Morgan fingerprint density at radius 2 is 2.54 bits per heavy atom. The highest BCUT2D eigenvalue weighted by Crippen LogP contribution is 2.21. The zero-order chi connectivity index (χ0) is 9.26. The van der Waals surface area contributed by atoms with Gasteiger partial charge >= 0.3 is 0 Å². The van der Waals surface area contributed by atoms with E-state index in [1.807, 2.05) is 0 Å². The molecule has 1 saturated heterocycles. The number of nitrogens with one attached hydrogen (secondary N) is 1. The maximum atomic E-state index is 9.16. The molecule has 1 aromatic heterocycles. The van der Waals surface area contributed by atoms with Gasteiger partial charge in [0.25, 0.3) is 5.89 Å². The Kier molecular flexibility index (Phi) is 2.28. The summed E-state index contributed by atoms with van der Waals surface area (Å²) < 4.78 is 4.89. The number of hydrogen-bond donors (Lipinski definition) is 2. The van der Waals surface area contributed by atoms with Gasteiger partial charge in [-0.15, -0.1) is 0 Å². The third-order valence-electron chi connectivity index (χ3n) is 2.19. The van der Waals surface area contributed by atoms with E-state index in [2.05, 4.69) is 15.5 Å². The molecule has 0 amide bonds. The zero-order valence-corrected chi connectivity index (χ0v) is 7.53. The van der Waals surface area contributed by atoms with E-state index in [1.54, 1.807) is 6.92 Å². The lowest BCUT2D eigenvalue weighted by Crippen LogP contribution is -2.14. The van der Waals surface area contributed by atoms with E-state index in [0.717, 1.165) is 19.4 Å². The van der Waals surface area contributed by atoms with Crippen LogP contribution in [0.1, 0.15) is 43.6 Å². The molecule has 1 aliphatic rings. The van der Waals surface area contributed by atoms with Gasteiger partial charge in [0.2, 0.25) is 0 Å². The van der Waals surface area contributed by atoms with Gasteiger partial charge in [-0.3, -0.25) is 0 Å². The summed E-state index contributed by atoms with van der Waals surface area (Å²) in [6, 6.07) is 0.205. The molecule has 1 aromatic rings. The summed E-state index contributed by atoms with van der Waals surface area (Å²) in [5, 5.41) is 16.2. The lowest BCUT2D eigenvalue weighted by molar-refractivity contribution is 0.151. The second kappa shape index (κ2) is 3.43. The predicted molar refractivity (Wildman–Crippen MR) is 44.9 cm³/mol. The van der Waals surface area contributed by atoms with Gasteiger partial charge in [0, 0.05) is 0 Å². The minimum absolute atomic E-state index is 0.205. The maximum Gasteiger partial charge on any atom is 0.255 e. The molecule has 2 unspecified atom stereocenters. The third kappa shape index (κ3) is 1.71. The molecule has 0 spiro atoms. The fourth-order valence-electron chi connectivity index (χ4n) is 1.46. The van der Waals surface area contributed by atoms with Crippen molar-refractivity contribution < 1.29 is 9.63 Å². The highest BCUT2D eigenvalue weighted by atomic mass is 16.5. The molecule has 0 bridgehead atoms. The van der Waals surface area contributed by atoms with Crippen LogP contribution in [0.25, 0.3) is 0 Å². The highest BCUT2D eigenvalue weighted by molar-refractivity contribution is 4.97. The minimum atomic E-state index is -0.678. The Morgan fingerprint density at radius 3 is 3.08 bits per heavy atom. The van der Waals surface area contributed by atoms with E-state index in [0.29, 0.717) is 11.7 Å². The average molecular weight is 183 g/mol. The molecule has 0 aromatic carbocycles. The highest BCUT2D eigenvalue weighted by Gasteiger charge is 2.22. The van der Waals surface area contributed by atoms with Crippen molar-refractivity contribution >= 4 is 0 Å². The Labute approximate surface area is 76.1 Å². The lowest BCUT2D eigenvalue weighted by Gasteiger charge is -2.01. The topological polar surface area (TPSA) is 71.2 Å². The van der Waals surface area contributed by atoms with Crippen molar-refractivity contribution in [3.05, 3.63) is 11.7 Å². The van der Waals surface area contributed by atoms with Crippen LogP contribution in [0.2, 0.25) is 0 Å². The molecular weight excluding hydrogens is 170 g/mol. The molecule has 2 rings (SSSR count). The second-order valence-corrected chi connectivity index (χ2v) is 3.32. The summed E-state index contributed by atoms with van der Waals surface area (Å²) in [6.07, 6.45) is 1.50. The van der Waals surface area contributed by atoms with E-state index in [9.17, 15) is 0 Å². The van der Waals surface area contributed by atoms with Crippen molar-refractivity contribution in [3.8, 4) is 0 Å². The zero-order valence-electron chi connectivity index (χ0n) is 7.53. The Hall–Kier alpha value is -0.940. The van der Waals surface area contributed by atoms with Gasteiger partial charge in [0.15, 0.2) is 5.82 Å². The van der Waals surface area contributed by atoms with Gasteiger partial charge in [-0.2, -0.15) is 4.98 Å². The first kappa shape index (κ1) is 8.65. The minimum Gasteiger partial charge on any atom is -0.384 e. The molecule has 2 N–H and O–H groups in total. The van der Waals surface area contributed by atoms with E-state index in [1.165, 1.54) is 0 Å². The van der Waals surface area contributed by atoms with E-state index >= 15 is 0 Å². The van der Waals surface area contributed by atoms with Crippen LogP contribution in [0.4, 0.5) is 0 Å². The van der Waals surface area contributed by atoms with Crippen LogP contribution >= 0.6 is 0 Å². The normalized spacial score (nSPS) is 24.9. The number of aliphatic hydroxyl groups excluding tert-OH is 1. The largest absolute Gasteiger partial charge is 0.384 e. The van der Waals surface area contributed by atoms with Gasteiger partial charge in [-0.1, -0.05) is 5.16 Å². The summed E-state index contributed by atoms with van der Waals surface area (Å²) in [4.78, 5) is 4.10. The van der Waals surface area contributed by atoms with Gasteiger partial charge in [-0.05, 0) is 26.3 Å². The Bertz CT molecular complexity index is 279. The third-order valence-corrected chi connectivity index (χ3v) is 2.19. The fourth-order valence-corrected chi connectivity index (χ4v) is 1.46. The van der Waals surface area contributed by atoms with Crippen LogP contribution in [0.3, 0.4) is 0 Å². The van der Waals surface area contributed by atoms with Gasteiger partial charge in [0.05, 0.1) is 6.04 Å². The van der Waals surface area contributed by atoms with Crippen LogP contribution in [0.15, 0.2) is 4.52 Å². The van der Waals surface area contributed by atoms with Crippen LogP contribution < -0.4 is 5.32 Å². The molecule has 2 heterocycles. The maximum absolute atomic E-state index is 9.16. The molecule has 0 saturated carbocycles. The van der Waals surface area contributed by atoms with Gasteiger partial charge in [-0.25, -0.2) is 0 Å². The molecular formula is C8H13N3O2. The summed E-state index contributed by atoms with van der Waals surface area (Å²) in [5.41, 5.74) is 0. The van der Waals surface area contributed by atoms with Crippen LogP contribution in [-0.4, -0.2) is 21.8 Å². The lowest BCUT2D eigenvalue weighted by atomic mass is 10.2. The quantitative estimate of drug-likeness (QED) is 0.700. The molecule has 13 heavy (non-hydrogen) atoms. The number of aliphatic hydroxyl groups is 1. The number of rotatable bonds is 2. The first-order chi connectivity index (χ1) is 6.27. The first-order valence-electron chi connectivity index (χ1n) is 4.52. The van der Waals surface area contributed by atoms with E-state index < -0.39 is 6.10 Å². The van der Waals surface area contributed by atoms with Crippen molar-refractivity contribution in [1.29, 1.82) is 0 Å². The summed E-state index contributed by atoms with van der Waals surface area (Å²) in [7, 11) is 0. The predicted octanol–water partition coefficient (Wildman–Crippen LogP) is 0.547. The van der Waals surface area contributed by atoms with Crippen molar-refractivity contribution in [2.24, 2.45) is 0 Å². The standard InChI is InChI=1S/C8H13N3O2/c1-5(12)8-10-7(11-13-8)6-3-2-4-9-6/h5-6,9,12H,2-4H2,1H3. The van der Waals surface area contributed by atoms with E-state index in [4.69, 9.17) is 9.63 Å². The smallest absolute Gasteiger partial charge is 0.255 e. The molecule has 0 aliphatic carbocycles. The number of aromatic nitrogens is 2. The molecule has 72 valence electrons. The Balaban J connectivity index is 2.12. The van der Waals surface area contributed by atoms with Gasteiger partial charge in [0.1, 0.15) is 6.10 Å². The SMILES string of the molecule is CC(O)c1nc(C2CCCN2)no1. The molecule has 1 aliphatic heterocycles. The Morgan fingerprint density at radius 1 is 1.69 bits per heavy atom. The van der Waals surface area contributed by atoms with Crippen LogP contribution in [0.5, 0.6) is 0 Å². The molecule has 2 atom stereocenters. The van der Waals surface area contributed by atoms with Gasteiger partial charge < -0.3 is 14.9 Å². The number of nitrogens with zero attached hydrogens (tertiary/aromatic N) is 2. The van der Waals surface area contributed by atoms with Crippen LogP contribution in [0, 0.1) is 0 Å². The van der Waals surface area contributed by atoms with Crippen molar-refractivity contribution in [2.75, 3.05) is 6.54 Å². The van der Waals surface area contributed by atoms with Crippen molar-refractivity contribution in [1.82, 2.24) is 15.5 Å². The second-order valence-electron chi connectivity index (χ2n) is 3.32. The molecule has 0 radical (unpaired) electrons. The fraction of sp³-hybridized carbons (Fsp3) is 0.750. The van der Waals surface area contributed by atoms with Crippen LogP contribution in [-0.2, 0) is 0 Å². The number of hydrogen-bond acceptors (Lipinski definition) is 5. The van der Waals surface area contributed by atoms with Crippen molar-refractivity contribution in [3.63, 3.8) is 0 Å². The average Bonchev–Trinajstić information content (AvgIpc) is 2.75. The van der Waals surface area contributed by atoms with Crippen molar-refractivity contribution in [2.45, 2.75) is 31.9 Å². The monoisotopic (exact) mass is 183 g/mol. The first-order valence-corrected chi connectivity index (χ1v) is 4.52.